The number of rotatable bonds is 12. The molecule has 7 nitrogen and oxygen atoms in total. The molecule has 0 saturated heterocycles. The highest BCUT2D eigenvalue weighted by Gasteiger charge is 2.28. The summed E-state index contributed by atoms with van der Waals surface area (Å²) >= 11 is 0. The lowest BCUT2D eigenvalue weighted by Crippen LogP contribution is -2.40. The van der Waals surface area contributed by atoms with E-state index in [9.17, 15) is 14.0 Å². The zero-order valence-corrected chi connectivity index (χ0v) is 20.7. The van der Waals surface area contributed by atoms with E-state index in [1.165, 1.54) is 7.11 Å². The molecule has 0 atom stereocenters. The largest absolute Gasteiger partial charge is 0.469 e. The third kappa shape index (κ3) is 9.66. The highest BCUT2D eigenvalue weighted by atomic mass is 19.1. The summed E-state index contributed by atoms with van der Waals surface area (Å²) in [5, 5.41) is 0. The molecule has 1 aromatic heterocycles. The number of pyridine rings is 1. The second-order valence-electron chi connectivity index (χ2n) is 9.54. The van der Waals surface area contributed by atoms with Crippen molar-refractivity contribution in [1.29, 1.82) is 0 Å². The van der Waals surface area contributed by atoms with Gasteiger partial charge in [0.25, 0.3) is 0 Å². The Morgan fingerprint density at radius 1 is 1.12 bits per heavy atom. The predicted octanol–water partition coefficient (Wildman–Crippen LogP) is 4.71. The van der Waals surface area contributed by atoms with Crippen molar-refractivity contribution in [2.75, 3.05) is 44.9 Å². The number of halogens is 1. The van der Waals surface area contributed by atoms with Crippen LogP contribution in [0.15, 0.2) is 12.1 Å². The van der Waals surface area contributed by atoms with Gasteiger partial charge in [-0.3, -0.25) is 14.1 Å². The number of hydrogen-bond donors (Lipinski definition) is 0. The molecular weight excluding hydrogens is 425 g/mol. The standard InChI is InChI=1S/C25H40FN3O4/c1-25(2,3)33-24(31)29-19-7-10-20-13-14-21(27-23(20)29)11-5-6-16-28(18-9-15-26)17-8-12-22(30)32-4/h13-14H,5-12,15-19H2,1-4H3. The van der Waals surface area contributed by atoms with Gasteiger partial charge in [0.15, 0.2) is 0 Å². The SMILES string of the molecule is COC(=O)CCCN(CCCF)CCCCc1ccc2c(n1)N(C(=O)OC(C)(C)C)CCC2. The number of amides is 1. The summed E-state index contributed by atoms with van der Waals surface area (Å²) in [7, 11) is 1.39. The molecule has 2 rings (SSSR count). The normalized spacial score (nSPS) is 13.7. The van der Waals surface area contributed by atoms with Crippen molar-refractivity contribution in [2.45, 2.75) is 77.7 Å². The molecule has 1 aromatic rings. The molecule has 2 heterocycles. The van der Waals surface area contributed by atoms with Crippen LogP contribution in [-0.2, 0) is 27.1 Å². The van der Waals surface area contributed by atoms with Crippen LogP contribution in [0.2, 0.25) is 0 Å². The van der Waals surface area contributed by atoms with Gasteiger partial charge in [0, 0.05) is 25.2 Å². The Bertz CT molecular complexity index is 767. The number of alkyl halides is 1. The zero-order valence-electron chi connectivity index (χ0n) is 20.7. The van der Waals surface area contributed by atoms with Gasteiger partial charge in [-0.15, -0.1) is 0 Å². The summed E-state index contributed by atoms with van der Waals surface area (Å²) in [4.78, 5) is 32.7. The van der Waals surface area contributed by atoms with Crippen LogP contribution in [0.3, 0.4) is 0 Å². The summed E-state index contributed by atoms with van der Waals surface area (Å²) in [5.41, 5.74) is 1.50. The van der Waals surface area contributed by atoms with Gasteiger partial charge in [0.05, 0.1) is 13.8 Å². The highest BCUT2D eigenvalue weighted by Crippen LogP contribution is 2.27. The molecule has 33 heavy (non-hydrogen) atoms. The first-order valence-electron chi connectivity index (χ1n) is 12.1. The molecule has 0 fully saturated rings. The Kier molecular flexibility index (Phi) is 11.0. The van der Waals surface area contributed by atoms with E-state index in [1.807, 2.05) is 20.8 Å². The van der Waals surface area contributed by atoms with E-state index in [0.717, 1.165) is 62.3 Å². The molecule has 0 aromatic carbocycles. The number of carbonyl (C=O) groups excluding carboxylic acids is 2. The van der Waals surface area contributed by atoms with Crippen LogP contribution in [0.4, 0.5) is 15.0 Å². The first-order valence-corrected chi connectivity index (χ1v) is 12.1. The molecule has 1 amide bonds. The summed E-state index contributed by atoms with van der Waals surface area (Å²) in [6, 6.07) is 4.13. The number of anilines is 1. The van der Waals surface area contributed by atoms with E-state index in [2.05, 4.69) is 21.8 Å². The van der Waals surface area contributed by atoms with Crippen LogP contribution in [-0.4, -0.2) is 67.5 Å². The maximum Gasteiger partial charge on any atom is 0.416 e. The monoisotopic (exact) mass is 465 g/mol. The topological polar surface area (TPSA) is 72.0 Å². The summed E-state index contributed by atoms with van der Waals surface area (Å²) in [5.74, 6) is 0.514. The fraction of sp³-hybridized carbons (Fsp3) is 0.720. The van der Waals surface area contributed by atoms with Crippen LogP contribution in [0, 0.1) is 0 Å². The first kappa shape index (κ1) is 27.0. The summed E-state index contributed by atoms with van der Waals surface area (Å²) in [6.07, 6.45) is 5.79. The summed E-state index contributed by atoms with van der Waals surface area (Å²) in [6.45, 7) is 8.20. The second-order valence-corrected chi connectivity index (χ2v) is 9.54. The van der Waals surface area contributed by atoms with Crippen LogP contribution in [0.25, 0.3) is 0 Å². The molecule has 0 unspecified atom stereocenters. The molecule has 0 saturated carbocycles. The molecule has 0 radical (unpaired) electrons. The van der Waals surface area contributed by atoms with Crippen LogP contribution < -0.4 is 4.90 Å². The Hall–Kier alpha value is -2.22. The number of unbranched alkanes of at least 4 members (excludes halogenated alkanes) is 1. The number of methoxy groups -OCH3 is 1. The summed E-state index contributed by atoms with van der Waals surface area (Å²) < 4.78 is 22.9. The first-order chi connectivity index (χ1) is 15.7. The van der Waals surface area contributed by atoms with Gasteiger partial charge in [-0.05, 0) is 90.4 Å². The van der Waals surface area contributed by atoms with E-state index in [4.69, 9.17) is 9.72 Å². The number of hydrogen-bond acceptors (Lipinski definition) is 6. The van der Waals surface area contributed by atoms with Gasteiger partial charge in [0.2, 0.25) is 0 Å². The molecule has 1 aliphatic rings. The van der Waals surface area contributed by atoms with Crippen molar-refractivity contribution in [1.82, 2.24) is 9.88 Å². The van der Waals surface area contributed by atoms with Crippen molar-refractivity contribution in [2.24, 2.45) is 0 Å². The molecule has 0 aliphatic carbocycles. The Morgan fingerprint density at radius 2 is 1.85 bits per heavy atom. The van der Waals surface area contributed by atoms with E-state index in [-0.39, 0.29) is 18.7 Å². The van der Waals surface area contributed by atoms with Crippen molar-refractivity contribution < 1.29 is 23.5 Å². The van der Waals surface area contributed by atoms with E-state index >= 15 is 0 Å². The number of aryl methyl sites for hydroxylation is 2. The number of ether oxygens (including phenoxy) is 2. The average Bonchev–Trinajstić information content (AvgIpc) is 2.77. The minimum atomic E-state index is -0.544. The van der Waals surface area contributed by atoms with Gasteiger partial charge >= 0.3 is 12.1 Å². The predicted molar refractivity (Wildman–Crippen MR) is 127 cm³/mol. The number of esters is 1. The Labute approximate surface area is 197 Å². The van der Waals surface area contributed by atoms with Gasteiger partial charge in [-0.25, -0.2) is 9.78 Å². The number of fused-ring (bicyclic) bond motifs is 1. The third-order valence-corrected chi connectivity index (χ3v) is 5.56. The fourth-order valence-corrected chi connectivity index (χ4v) is 3.92. The minimum absolute atomic E-state index is 0.209. The van der Waals surface area contributed by atoms with Gasteiger partial charge in [-0.2, -0.15) is 0 Å². The van der Waals surface area contributed by atoms with Crippen molar-refractivity contribution >= 4 is 17.9 Å². The molecule has 1 aliphatic heterocycles. The van der Waals surface area contributed by atoms with Crippen LogP contribution >= 0.6 is 0 Å². The second kappa shape index (κ2) is 13.5. The fourth-order valence-electron chi connectivity index (χ4n) is 3.92. The smallest absolute Gasteiger partial charge is 0.416 e. The van der Waals surface area contributed by atoms with E-state index in [0.29, 0.717) is 32.4 Å². The van der Waals surface area contributed by atoms with Gasteiger partial charge in [0.1, 0.15) is 11.4 Å². The van der Waals surface area contributed by atoms with Crippen LogP contribution in [0.1, 0.15) is 70.6 Å². The lowest BCUT2D eigenvalue weighted by molar-refractivity contribution is -0.140. The van der Waals surface area contributed by atoms with Gasteiger partial charge in [-0.1, -0.05) is 6.07 Å². The van der Waals surface area contributed by atoms with E-state index in [1.54, 1.807) is 4.90 Å². The van der Waals surface area contributed by atoms with Gasteiger partial charge < -0.3 is 14.4 Å². The maximum absolute atomic E-state index is 12.7. The van der Waals surface area contributed by atoms with Crippen molar-refractivity contribution in [3.8, 4) is 0 Å². The average molecular weight is 466 g/mol. The third-order valence-electron chi connectivity index (χ3n) is 5.56. The molecule has 0 bridgehead atoms. The molecule has 186 valence electrons. The van der Waals surface area contributed by atoms with Crippen LogP contribution in [0.5, 0.6) is 0 Å². The number of nitrogens with zero attached hydrogens (tertiary/aromatic N) is 3. The molecule has 0 N–H and O–H groups in total. The molecule has 0 spiro atoms. The molecule has 8 heteroatoms. The maximum atomic E-state index is 12.7. The van der Waals surface area contributed by atoms with E-state index < -0.39 is 5.60 Å². The lowest BCUT2D eigenvalue weighted by atomic mass is 10.0. The molecular formula is C25H40FN3O4. The Balaban J connectivity index is 1.88. The van der Waals surface area contributed by atoms with Crippen molar-refractivity contribution in [3.63, 3.8) is 0 Å². The lowest BCUT2D eigenvalue weighted by Gasteiger charge is -2.31. The quantitative estimate of drug-likeness (QED) is 0.329. The van der Waals surface area contributed by atoms with Crippen molar-refractivity contribution in [3.05, 3.63) is 23.4 Å². The minimum Gasteiger partial charge on any atom is -0.469 e. The number of carbonyl (C=O) groups is 2. The Morgan fingerprint density at radius 3 is 2.55 bits per heavy atom. The highest BCUT2D eigenvalue weighted by molar-refractivity contribution is 5.88. The number of aromatic nitrogens is 1. The zero-order chi connectivity index (χ0) is 24.3.